The third-order valence-corrected chi connectivity index (χ3v) is 1.21. The van der Waals surface area contributed by atoms with Crippen molar-refractivity contribution in [1.29, 1.82) is 0 Å². The summed E-state index contributed by atoms with van der Waals surface area (Å²) in [5.74, 6) is -0.981. The van der Waals surface area contributed by atoms with Gasteiger partial charge in [0.2, 0.25) is 0 Å². The molecule has 0 aliphatic carbocycles. The topological polar surface area (TPSA) is 37.3 Å². The van der Waals surface area contributed by atoms with Crippen molar-refractivity contribution >= 4 is 41.6 Å². The number of carbonyl (C=O) groups is 1. The molecule has 0 heterocycles. The van der Waals surface area contributed by atoms with Crippen LogP contribution in [-0.2, 0) is 4.79 Å². The summed E-state index contributed by atoms with van der Waals surface area (Å²) < 4.78 is 0. The molecule has 0 amide bonds. The van der Waals surface area contributed by atoms with E-state index >= 15 is 0 Å². The third kappa shape index (κ3) is 9.26. The van der Waals surface area contributed by atoms with Gasteiger partial charge < -0.3 is 5.11 Å². The van der Waals surface area contributed by atoms with Crippen LogP contribution in [0.15, 0.2) is 49.6 Å². The van der Waals surface area contributed by atoms with Crippen molar-refractivity contribution in [3.8, 4) is 0 Å². The van der Waals surface area contributed by atoms with E-state index in [-0.39, 0.29) is 29.6 Å². The molecule has 3 heteroatoms. The van der Waals surface area contributed by atoms with Crippen molar-refractivity contribution in [1.82, 2.24) is 0 Å². The van der Waals surface area contributed by atoms with Crippen molar-refractivity contribution in [2.75, 3.05) is 0 Å². The molecular weight excluding hydrogens is 187 g/mol. The molecule has 1 aromatic carbocycles. The molecule has 70 valence electrons. The van der Waals surface area contributed by atoms with Gasteiger partial charge in [0.1, 0.15) is 0 Å². The van der Waals surface area contributed by atoms with Crippen molar-refractivity contribution in [2.45, 2.75) is 0 Å². The maximum atomic E-state index is 9.25. The molecule has 0 bridgehead atoms. The maximum absolute atomic E-state index is 9.25. The van der Waals surface area contributed by atoms with Crippen molar-refractivity contribution in [3.63, 3.8) is 0 Å². The van der Waals surface area contributed by atoms with Gasteiger partial charge in [0.25, 0.3) is 0 Å². The normalized spacial score (nSPS) is 7.14. The molecule has 0 aromatic heterocycles. The van der Waals surface area contributed by atoms with E-state index in [1.807, 2.05) is 36.4 Å². The van der Waals surface area contributed by atoms with Gasteiger partial charge in [-0.05, 0) is 5.56 Å². The van der Waals surface area contributed by atoms with Gasteiger partial charge in [-0.1, -0.05) is 49.6 Å². The summed E-state index contributed by atoms with van der Waals surface area (Å²) in [5, 5.41) is 7.60. The zero-order valence-electron chi connectivity index (χ0n) is 7.31. The van der Waals surface area contributed by atoms with E-state index in [0.29, 0.717) is 0 Å². The summed E-state index contributed by atoms with van der Waals surface area (Å²) in [7, 11) is 0. The van der Waals surface area contributed by atoms with Crippen LogP contribution in [-0.4, -0.2) is 40.6 Å². The standard InChI is InChI=1S/C8H8.C3H4O2.Na.H/c1-2-8-6-4-3-5-7-8;1-2-3(4)5;;/h2-7H,1H2;2H,1H2,(H,4,5);;. The van der Waals surface area contributed by atoms with Crippen LogP contribution in [0.4, 0.5) is 0 Å². The molecule has 0 unspecified atom stereocenters. The van der Waals surface area contributed by atoms with Crippen LogP contribution >= 0.6 is 0 Å². The minimum atomic E-state index is -0.981. The second kappa shape index (κ2) is 10.3. The molecule has 1 aromatic rings. The van der Waals surface area contributed by atoms with Crippen LogP contribution in [0.2, 0.25) is 0 Å². The van der Waals surface area contributed by atoms with Crippen molar-refractivity contribution in [2.24, 2.45) is 0 Å². The number of carboxylic acid groups (broad SMARTS) is 1. The number of carboxylic acids is 1. The fraction of sp³-hybridized carbons (Fsp3) is 0. The van der Waals surface area contributed by atoms with Gasteiger partial charge in [0, 0.05) is 6.08 Å². The summed E-state index contributed by atoms with van der Waals surface area (Å²) in [5.41, 5.74) is 1.17. The van der Waals surface area contributed by atoms with Gasteiger partial charge in [-0.2, -0.15) is 0 Å². The second-order valence-corrected chi connectivity index (χ2v) is 2.16. The van der Waals surface area contributed by atoms with Gasteiger partial charge in [-0.25, -0.2) is 4.79 Å². The van der Waals surface area contributed by atoms with Crippen molar-refractivity contribution in [3.05, 3.63) is 55.1 Å². The monoisotopic (exact) mass is 200 g/mol. The second-order valence-electron chi connectivity index (χ2n) is 2.16. The quantitative estimate of drug-likeness (QED) is 0.585. The first-order valence-corrected chi connectivity index (χ1v) is 3.73. The van der Waals surface area contributed by atoms with Crippen LogP contribution in [0.3, 0.4) is 0 Å². The van der Waals surface area contributed by atoms with Gasteiger partial charge in [-0.15, -0.1) is 0 Å². The number of rotatable bonds is 2. The van der Waals surface area contributed by atoms with Crippen LogP contribution in [0, 0.1) is 0 Å². The Labute approximate surface area is 106 Å². The average Bonchev–Trinajstić information content (AvgIpc) is 2.20. The van der Waals surface area contributed by atoms with E-state index in [1.54, 1.807) is 0 Å². The number of aliphatic carboxylic acids is 1. The van der Waals surface area contributed by atoms with Gasteiger partial charge >= 0.3 is 35.5 Å². The Kier molecular flexibility index (Phi) is 11.4. The van der Waals surface area contributed by atoms with E-state index < -0.39 is 5.97 Å². The van der Waals surface area contributed by atoms with E-state index in [0.717, 1.165) is 6.08 Å². The van der Waals surface area contributed by atoms with E-state index in [2.05, 4.69) is 13.2 Å². The predicted molar refractivity (Wildman–Crippen MR) is 61.5 cm³/mol. The first-order chi connectivity index (χ1) is 6.20. The molecule has 0 spiro atoms. The first kappa shape index (κ1) is 15.6. The molecule has 1 rings (SSSR count). The van der Waals surface area contributed by atoms with Crippen LogP contribution in [0.25, 0.3) is 6.08 Å². The van der Waals surface area contributed by atoms with Crippen LogP contribution in [0.5, 0.6) is 0 Å². The molecule has 0 aliphatic heterocycles. The van der Waals surface area contributed by atoms with E-state index in [1.165, 1.54) is 5.56 Å². The molecule has 0 atom stereocenters. The molecule has 1 N–H and O–H groups in total. The molecular formula is C11H13NaO2. The number of benzene rings is 1. The third-order valence-electron chi connectivity index (χ3n) is 1.21. The zero-order valence-corrected chi connectivity index (χ0v) is 7.31. The zero-order chi connectivity index (χ0) is 10.1. The predicted octanol–water partition coefficient (Wildman–Crippen LogP) is 1.94. The SMILES string of the molecule is C=CC(=O)O.C=Cc1ccccc1.[NaH]. The fourth-order valence-corrected chi connectivity index (χ4v) is 0.589. The minimum absolute atomic E-state index is 0. The number of hydrogen-bond acceptors (Lipinski definition) is 1. The fourth-order valence-electron chi connectivity index (χ4n) is 0.589. The summed E-state index contributed by atoms with van der Waals surface area (Å²) in [4.78, 5) is 9.25. The summed E-state index contributed by atoms with van der Waals surface area (Å²) in [6.07, 6.45) is 2.67. The molecule has 0 saturated heterocycles. The van der Waals surface area contributed by atoms with Crippen LogP contribution in [0.1, 0.15) is 5.56 Å². The Bertz CT molecular complexity index is 281. The Morgan fingerprint density at radius 1 is 1.21 bits per heavy atom. The van der Waals surface area contributed by atoms with Gasteiger partial charge in [-0.3, -0.25) is 0 Å². The summed E-state index contributed by atoms with van der Waals surface area (Å²) in [6.45, 7) is 6.59. The Balaban J connectivity index is 0. The van der Waals surface area contributed by atoms with E-state index in [4.69, 9.17) is 5.11 Å². The molecule has 2 nitrogen and oxygen atoms in total. The van der Waals surface area contributed by atoms with Gasteiger partial charge in [0.15, 0.2) is 0 Å². The summed E-state index contributed by atoms with van der Waals surface area (Å²) in [6, 6.07) is 10.0. The molecule has 0 aliphatic rings. The number of hydrogen-bond donors (Lipinski definition) is 1. The Morgan fingerprint density at radius 3 is 1.86 bits per heavy atom. The average molecular weight is 200 g/mol. The molecule has 0 radical (unpaired) electrons. The Hall–Kier alpha value is -0.830. The van der Waals surface area contributed by atoms with Crippen molar-refractivity contribution < 1.29 is 9.90 Å². The molecule has 14 heavy (non-hydrogen) atoms. The van der Waals surface area contributed by atoms with Gasteiger partial charge in [0.05, 0.1) is 0 Å². The molecule has 0 fully saturated rings. The Morgan fingerprint density at radius 2 is 1.64 bits per heavy atom. The summed E-state index contributed by atoms with van der Waals surface area (Å²) >= 11 is 0. The molecule has 0 saturated carbocycles. The van der Waals surface area contributed by atoms with E-state index in [9.17, 15) is 4.79 Å². The van der Waals surface area contributed by atoms with Crippen LogP contribution < -0.4 is 0 Å². The first-order valence-electron chi connectivity index (χ1n) is 3.73.